The molecule has 0 radical (unpaired) electrons. The molecule has 0 aliphatic carbocycles. The second-order valence-corrected chi connectivity index (χ2v) is 6.18. The molecule has 2 rings (SSSR count). The lowest BCUT2D eigenvalue weighted by atomic mass is 9.66. The topological polar surface area (TPSA) is 24.4 Å². The Labute approximate surface area is 151 Å². The molecule has 0 spiro atoms. The van der Waals surface area contributed by atoms with Crippen molar-refractivity contribution in [3.05, 3.63) is 48.2 Å². The third-order valence-corrected chi connectivity index (χ3v) is 4.37. The first-order valence-corrected chi connectivity index (χ1v) is 9.35. The van der Waals surface area contributed by atoms with Gasteiger partial charge < -0.3 is 5.32 Å². The average Bonchev–Trinajstić information content (AvgIpc) is 2.86. The fourth-order valence-electron chi connectivity index (χ4n) is 1.93. The van der Waals surface area contributed by atoms with Crippen molar-refractivity contribution in [3.63, 3.8) is 0 Å². The van der Waals surface area contributed by atoms with Crippen LogP contribution < -0.4 is 5.32 Å². The summed E-state index contributed by atoms with van der Waals surface area (Å²) in [6.07, 6.45) is 7.46. The summed E-state index contributed by atoms with van der Waals surface area (Å²) in [6, 6.07) is 10.3. The largest absolute Gasteiger partial charge is 0.373 e. The molecule has 2 nitrogen and oxygen atoms in total. The molecule has 0 saturated carbocycles. The predicted octanol–water partition coefficient (Wildman–Crippen LogP) is 6.62. The second-order valence-electron chi connectivity index (χ2n) is 6.18. The van der Waals surface area contributed by atoms with Crippen LogP contribution in [0.3, 0.4) is 0 Å². The van der Waals surface area contributed by atoms with E-state index in [2.05, 4.69) is 69.4 Å². The molecule has 0 fully saturated rings. The molecular weight excluding hydrogens is 292 g/mol. The van der Waals surface area contributed by atoms with Gasteiger partial charge in [-0.3, -0.25) is 4.99 Å². The number of nitrogens with zero attached hydrogens (tertiary/aromatic N) is 1. The summed E-state index contributed by atoms with van der Waals surface area (Å²) in [6.45, 7) is 19.8. The van der Waals surface area contributed by atoms with Crippen molar-refractivity contribution in [1.82, 2.24) is 5.32 Å². The fourth-order valence-corrected chi connectivity index (χ4v) is 1.93. The fraction of sp³-hybridized carbons (Fsp3) is 0.591. The summed E-state index contributed by atoms with van der Waals surface area (Å²) in [7, 11) is 0. The molecule has 1 aliphatic rings. The molecular formula is C22H40N2. The van der Waals surface area contributed by atoms with Crippen LogP contribution in [0.25, 0.3) is 0 Å². The minimum Gasteiger partial charge on any atom is -0.373 e. The van der Waals surface area contributed by atoms with E-state index in [0.717, 1.165) is 6.42 Å². The van der Waals surface area contributed by atoms with E-state index in [-0.39, 0.29) is 10.8 Å². The number of aryl methyl sites for hydroxylation is 1. The van der Waals surface area contributed by atoms with E-state index < -0.39 is 0 Å². The van der Waals surface area contributed by atoms with Crippen molar-refractivity contribution < 1.29 is 0 Å². The van der Waals surface area contributed by atoms with Gasteiger partial charge in [0.2, 0.25) is 0 Å². The normalized spacial score (nSPS) is 18.4. The molecule has 138 valence electrons. The average molecular weight is 333 g/mol. The summed E-state index contributed by atoms with van der Waals surface area (Å²) in [4.78, 5) is 4.34. The molecule has 0 amide bonds. The van der Waals surface area contributed by atoms with Crippen molar-refractivity contribution >= 4 is 6.21 Å². The Morgan fingerprint density at radius 1 is 1.08 bits per heavy atom. The smallest absolute Gasteiger partial charge is 0.106 e. The highest BCUT2D eigenvalue weighted by Gasteiger charge is 2.36. The number of nitrogens with one attached hydrogen (secondary N) is 1. The molecule has 1 aliphatic heterocycles. The summed E-state index contributed by atoms with van der Waals surface area (Å²) < 4.78 is 0. The van der Waals surface area contributed by atoms with Crippen LogP contribution in [0.15, 0.2) is 47.6 Å². The van der Waals surface area contributed by atoms with Gasteiger partial charge in [-0.25, -0.2) is 0 Å². The Balaban J connectivity index is 0. The minimum atomic E-state index is 0.0747. The van der Waals surface area contributed by atoms with E-state index in [1.807, 2.05) is 52.1 Å². The quantitative estimate of drug-likeness (QED) is 0.646. The Kier molecular flexibility index (Phi) is 14.2. The van der Waals surface area contributed by atoms with Crippen molar-refractivity contribution in [2.75, 3.05) is 6.67 Å². The molecule has 2 heteroatoms. The number of benzene rings is 1. The van der Waals surface area contributed by atoms with E-state index in [0.29, 0.717) is 6.67 Å². The van der Waals surface area contributed by atoms with E-state index >= 15 is 0 Å². The summed E-state index contributed by atoms with van der Waals surface area (Å²) in [5, 5.41) is 3.12. The van der Waals surface area contributed by atoms with Crippen molar-refractivity contribution in [3.8, 4) is 0 Å². The summed E-state index contributed by atoms with van der Waals surface area (Å²) >= 11 is 0. The molecule has 1 aromatic rings. The zero-order chi connectivity index (χ0) is 19.1. The number of allylic oxidation sites excluding steroid dienone is 1. The Morgan fingerprint density at radius 2 is 1.62 bits per heavy atom. The first-order valence-electron chi connectivity index (χ1n) is 9.35. The summed E-state index contributed by atoms with van der Waals surface area (Å²) in [5.41, 5.74) is 1.66. The van der Waals surface area contributed by atoms with Crippen LogP contribution in [0.5, 0.6) is 0 Å². The van der Waals surface area contributed by atoms with Gasteiger partial charge in [0, 0.05) is 11.6 Å². The van der Waals surface area contributed by atoms with Gasteiger partial charge in [0.25, 0.3) is 0 Å². The standard InChI is InChI=1S/C11H20N2.C7H8.2C2H6/c1-5-10(2,3)11(4)6-7-12-9-13-8-11;1-7-5-3-2-4-6-7;2*1-2/h6-8,12H,5,9H2,1-4H3;2-6H,1H3;2*1-2H3. The van der Waals surface area contributed by atoms with E-state index in [9.17, 15) is 0 Å². The third-order valence-electron chi connectivity index (χ3n) is 4.37. The second kappa shape index (κ2) is 13.8. The molecule has 1 unspecified atom stereocenters. The first kappa shape index (κ1) is 24.7. The van der Waals surface area contributed by atoms with E-state index in [1.54, 1.807) is 0 Å². The van der Waals surface area contributed by atoms with Crippen molar-refractivity contribution in [2.24, 2.45) is 15.8 Å². The molecule has 1 atom stereocenters. The van der Waals surface area contributed by atoms with E-state index in [4.69, 9.17) is 0 Å². The third kappa shape index (κ3) is 8.90. The number of rotatable bonds is 2. The molecule has 1 N–H and O–H groups in total. The van der Waals surface area contributed by atoms with E-state index in [1.165, 1.54) is 5.56 Å². The maximum Gasteiger partial charge on any atom is 0.106 e. The van der Waals surface area contributed by atoms with Crippen LogP contribution in [0.4, 0.5) is 0 Å². The number of hydrogen-bond acceptors (Lipinski definition) is 2. The monoisotopic (exact) mass is 332 g/mol. The van der Waals surface area contributed by atoms with Gasteiger partial charge in [0.1, 0.15) is 6.67 Å². The molecule has 0 bridgehead atoms. The van der Waals surface area contributed by atoms with Crippen LogP contribution >= 0.6 is 0 Å². The maximum atomic E-state index is 4.34. The van der Waals surface area contributed by atoms with Crippen LogP contribution in [0.1, 0.15) is 67.4 Å². The Morgan fingerprint density at radius 3 is 2.04 bits per heavy atom. The van der Waals surface area contributed by atoms with Gasteiger partial charge in [-0.2, -0.15) is 0 Å². The van der Waals surface area contributed by atoms with Crippen LogP contribution in [-0.2, 0) is 0 Å². The lowest BCUT2D eigenvalue weighted by Crippen LogP contribution is -2.34. The van der Waals surface area contributed by atoms with Crippen LogP contribution in [-0.4, -0.2) is 12.9 Å². The first-order chi connectivity index (χ1) is 11.4. The molecule has 0 saturated heterocycles. The van der Waals surface area contributed by atoms with Gasteiger partial charge in [-0.1, -0.05) is 97.4 Å². The minimum absolute atomic E-state index is 0.0747. The molecule has 0 aromatic heterocycles. The lowest BCUT2D eigenvalue weighted by Gasteiger charge is -2.38. The Bertz CT molecular complexity index is 430. The highest BCUT2D eigenvalue weighted by Crippen LogP contribution is 2.41. The van der Waals surface area contributed by atoms with Gasteiger partial charge in [-0.05, 0) is 25.0 Å². The van der Waals surface area contributed by atoms with Crippen LogP contribution in [0, 0.1) is 17.8 Å². The molecule has 1 aromatic carbocycles. The summed E-state index contributed by atoms with van der Waals surface area (Å²) in [5.74, 6) is 0. The van der Waals surface area contributed by atoms with Crippen LogP contribution in [0.2, 0.25) is 0 Å². The van der Waals surface area contributed by atoms with Crippen molar-refractivity contribution in [1.29, 1.82) is 0 Å². The molecule has 1 heterocycles. The number of hydrogen-bond donors (Lipinski definition) is 1. The maximum absolute atomic E-state index is 4.34. The highest BCUT2D eigenvalue weighted by atomic mass is 15.0. The van der Waals surface area contributed by atoms with Gasteiger partial charge in [0.15, 0.2) is 0 Å². The van der Waals surface area contributed by atoms with Gasteiger partial charge in [0.05, 0.1) is 0 Å². The SMILES string of the molecule is CC.CC.CCC(C)(C)C1(C)C=CNCN=C1.Cc1ccccc1. The van der Waals surface area contributed by atoms with Gasteiger partial charge in [-0.15, -0.1) is 0 Å². The van der Waals surface area contributed by atoms with Gasteiger partial charge >= 0.3 is 0 Å². The Hall–Kier alpha value is -1.57. The zero-order valence-corrected chi connectivity index (χ0v) is 17.5. The number of aliphatic imine (C=N–C) groups is 1. The predicted molar refractivity (Wildman–Crippen MR) is 112 cm³/mol. The van der Waals surface area contributed by atoms with Crippen molar-refractivity contribution in [2.45, 2.75) is 68.7 Å². The molecule has 24 heavy (non-hydrogen) atoms. The highest BCUT2D eigenvalue weighted by molar-refractivity contribution is 5.69. The zero-order valence-electron chi connectivity index (χ0n) is 17.5. The lowest BCUT2D eigenvalue weighted by molar-refractivity contribution is 0.215.